The first-order valence-electron chi connectivity index (χ1n) is 6.46. The average molecular weight is 292 g/mol. The van der Waals surface area contributed by atoms with E-state index in [0.29, 0.717) is 30.0 Å². The van der Waals surface area contributed by atoms with Crippen molar-refractivity contribution in [2.45, 2.75) is 26.2 Å². The van der Waals surface area contributed by atoms with Crippen molar-refractivity contribution in [2.75, 3.05) is 0 Å². The summed E-state index contributed by atoms with van der Waals surface area (Å²) in [4.78, 5) is 11.3. The molecule has 0 bridgehead atoms. The quantitative estimate of drug-likeness (QED) is 0.918. The van der Waals surface area contributed by atoms with Crippen LogP contribution in [0.5, 0.6) is 0 Å². The molecular weight excluding hydrogens is 278 g/mol. The first-order chi connectivity index (χ1) is 9.49. The van der Waals surface area contributed by atoms with Crippen LogP contribution in [0.2, 0.25) is 5.02 Å². The van der Waals surface area contributed by atoms with Gasteiger partial charge in [0.25, 0.3) is 0 Å². The van der Waals surface area contributed by atoms with Gasteiger partial charge in [-0.25, -0.2) is 0 Å². The number of halogens is 1. The number of benzene rings is 1. The van der Waals surface area contributed by atoms with Gasteiger partial charge in [-0.3, -0.25) is 4.79 Å². The van der Waals surface area contributed by atoms with Crippen molar-refractivity contribution in [3.8, 4) is 11.3 Å². The maximum atomic E-state index is 11.3. The molecule has 4 nitrogen and oxygen atoms in total. The van der Waals surface area contributed by atoms with E-state index in [2.05, 4.69) is 5.16 Å². The van der Waals surface area contributed by atoms with E-state index < -0.39 is 11.4 Å². The molecule has 0 amide bonds. The maximum Gasteiger partial charge on any atom is 0.309 e. The van der Waals surface area contributed by atoms with Crippen LogP contribution < -0.4 is 0 Å². The van der Waals surface area contributed by atoms with Gasteiger partial charge in [-0.1, -0.05) is 28.9 Å². The van der Waals surface area contributed by atoms with Crippen LogP contribution >= 0.6 is 11.6 Å². The lowest BCUT2D eigenvalue weighted by atomic mass is 9.75. The van der Waals surface area contributed by atoms with Gasteiger partial charge in [-0.15, -0.1) is 0 Å². The number of hydrogen-bond acceptors (Lipinski definition) is 3. The third-order valence-corrected chi connectivity index (χ3v) is 4.23. The smallest absolute Gasteiger partial charge is 0.309 e. The topological polar surface area (TPSA) is 63.3 Å². The molecule has 3 rings (SSSR count). The molecule has 0 aliphatic heterocycles. The summed E-state index contributed by atoms with van der Waals surface area (Å²) in [7, 11) is 0. The zero-order valence-electron chi connectivity index (χ0n) is 11.0. The largest absolute Gasteiger partial charge is 0.481 e. The van der Waals surface area contributed by atoms with Crippen LogP contribution in [0.15, 0.2) is 28.8 Å². The second-order valence-corrected chi connectivity index (χ2v) is 5.92. The Kier molecular flexibility index (Phi) is 3.05. The van der Waals surface area contributed by atoms with E-state index in [1.54, 1.807) is 6.92 Å². The molecule has 1 aromatic heterocycles. The van der Waals surface area contributed by atoms with Gasteiger partial charge >= 0.3 is 5.97 Å². The Labute approximate surface area is 121 Å². The standard InChI is InChI=1S/C15H14ClNO3/c1-15(14(18)19)7-6-11-12(8-15)20-17-13(11)9-2-4-10(16)5-3-9/h2-5H,6-8H2,1H3,(H,18,19). The fourth-order valence-corrected chi connectivity index (χ4v) is 2.73. The predicted octanol–water partition coefficient (Wildman–Crippen LogP) is 3.57. The fraction of sp³-hybridized carbons (Fsp3) is 0.333. The molecule has 0 spiro atoms. The first-order valence-corrected chi connectivity index (χ1v) is 6.84. The molecule has 1 aliphatic carbocycles. The van der Waals surface area contributed by atoms with Crippen molar-refractivity contribution >= 4 is 17.6 Å². The summed E-state index contributed by atoms with van der Waals surface area (Å²) in [6, 6.07) is 7.40. The molecule has 1 aliphatic rings. The SMILES string of the molecule is CC1(C(=O)O)CCc2c(-c3ccc(Cl)cc3)noc2C1. The van der Waals surface area contributed by atoms with E-state index in [4.69, 9.17) is 16.1 Å². The highest BCUT2D eigenvalue weighted by Gasteiger charge is 2.40. The van der Waals surface area contributed by atoms with Crippen LogP contribution in [0.1, 0.15) is 24.7 Å². The van der Waals surface area contributed by atoms with Gasteiger partial charge in [-0.05, 0) is 31.9 Å². The predicted molar refractivity (Wildman–Crippen MR) is 74.7 cm³/mol. The Hall–Kier alpha value is -1.81. The van der Waals surface area contributed by atoms with E-state index >= 15 is 0 Å². The minimum Gasteiger partial charge on any atom is -0.481 e. The summed E-state index contributed by atoms with van der Waals surface area (Å²) in [6.45, 7) is 1.75. The third kappa shape index (κ3) is 2.10. The minimum atomic E-state index is -0.785. The molecule has 0 fully saturated rings. The van der Waals surface area contributed by atoms with E-state index in [0.717, 1.165) is 16.8 Å². The molecular formula is C15H14ClNO3. The Balaban J connectivity index is 1.98. The minimum absolute atomic E-state index is 0.387. The number of nitrogens with zero attached hydrogens (tertiary/aromatic N) is 1. The molecule has 1 heterocycles. The van der Waals surface area contributed by atoms with E-state index in [-0.39, 0.29) is 0 Å². The number of carboxylic acids is 1. The summed E-state index contributed by atoms with van der Waals surface area (Å²) < 4.78 is 5.37. The lowest BCUT2D eigenvalue weighted by Gasteiger charge is -2.27. The molecule has 1 unspecified atom stereocenters. The second-order valence-electron chi connectivity index (χ2n) is 5.48. The molecule has 1 N–H and O–H groups in total. The third-order valence-electron chi connectivity index (χ3n) is 3.98. The lowest BCUT2D eigenvalue weighted by Crippen LogP contribution is -2.33. The summed E-state index contributed by atoms with van der Waals surface area (Å²) in [6.07, 6.45) is 1.65. The van der Waals surface area contributed by atoms with E-state index in [1.807, 2.05) is 24.3 Å². The van der Waals surface area contributed by atoms with Crippen molar-refractivity contribution in [3.05, 3.63) is 40.6 Å². The maximum absolute atomic E-state index is 11.3. The molecule has 0 saturated carbocycles. The summed E-state index contributed by atoms with van der Waals surface area (Å²) in [5, 5.41) is 14.1. The Morgan fingerprint density at radius 3 is 2.75 bits per heavy atom. The number of hydrogen-bond donors (Lipinski definition) is 1. The zero-order valence-corrected chi connectivity index (χ0v) is 11.8. The van der Waals surface area contributed by atoms with Crippen molar-refractivity contribution in [2.24, 2.45) is 5.41 Å². The number of rotatable bonds is 2. The number of aromatic nitrogens is 1. The number of fused-ring (bicyclic) bond motifs is 1. The summed E-state index contributed by atoms with van der Waals surface area (Å²) in [5.74, 6) is -0.0984. The van der Waals surface area contributed by atoms with Gasteiger partial charge in [0.2, 0.25) is 0 Å². The van der Waals surface area contributed by atoms with Gasteiger partial charge < -0.3 is 9.63 Å². The van der Waals surface area contributed by atoms with Crippen LogP contribution in [0.3, 0.4) is 0 Å². The highest BCUT2D eigenvalue weighted by Crippen LogP contribution is 2.39. The van der Waals surface area contributed by atoms with E-state index in [1.165, 1.54) is 0 Å². The van der Waals surface area contributed by atoms with Gasteiger partial charge in [0.15, 0.2) is 0 Å². The molecule has 5 heteroatoms. The number of carboxylic acid groups (broad SMARTS) is 1. The van der Waals surface area contributed by atoms with Crippen molar-refractivity contribution < 1.29 is 14.4 Å². The van der Waals surface area contributed by atoms with Crippen molar-refractivity contribution in [1.82, 2.24) is 5.16 Å². The molecule has 1 atom stereocenters. The van der Waals surface area contributed by atoms with Crippen LogP contribution in [0, 0.1) is 5.41 Å². The molecule has 2 aromatic rings. The molecule has 1 aromatic carbocycles. The van der Waals surface area contributed by atoms with Gasteiger partial charge in [0, 0.05) is 22.6 Å². The van der Waals surface area contributed by atoms with Crippen LogP contribution in [0.4, 0.5) is 0 Å². The normalized spacial score (nSPS) is 21.5. The van der Waals surface area contributed by atoms with Crippen LogP contribution in [-0.2, 0) is 17.6 Å². The van der Waals surface area contributed by atoms with Gasteiger partial charge in [0.05, 0.1) is 5.41 Å². The van der Waals surface area contributed by atoms with Crippen LogP contribution in [-0.4, -0.2) is 16.2 Å². The molecule has 104 valence electrons. The summed E-state index contributed by atoms with van der Waals surface area (Å²) in [5.41, 5.74) is 2.00. The fourth-order valence-electron chi connectivity index (χ4n) is 2.60. The molecule has 0 saturated heterocycles. The van der Waals surface area contributed by atoms with Gasteiger partial charge in [0.1, 0.15) is 11.5 Å². The Morgan fingerprint density at radius 1 is 1.40 bits per heavy atom. The van der Waals surface area contributed by atoms with Crippen LogP contribution in [0.25, 0.3) is 11.3 Å². The molecule has 20 heavy (non-hydrogen) atoms. The zero-order chi connectivity index (χ0) is 14.3. The Bertz CT molecular complexity index is 662. The highest BCUT2D eigenvalue weighted by atomic mass is 35.5. The highest BCUT2D eigenvalue weighted by molar-refractivity contribution is 6.30. The van der Waals surface area contributed by atoms with Crippen molar-refractivity contribution in [3.63, 3.8) is 0 Å². The second kappa shape index (κ2) is 4.63. The Morgan fingerprint density at radius 2 is 2.10 bits per heavy atom. The first kappa shape index (κ1) is 13.2. The number of aliphatic carboxylic acids is 1. The lowest BCUT2D eigenvalue weighted by molar-refractivity contribution is -0.148. The van der Waals surface area contributed by atoms with Crippen molar-refractivity contribution in [1.29, 1.82) is 0 Å². The monoisotopic (exact) mass is 291 g/mol. The van der Waals surface area contributed by atoms with E-state index in [9.17, 15) is 9.90 Å². The van der Waals surface area contributed by atoms with Gasteiger partial charge in [-0.2, -0.15) is 0 Å². The molecule has 0 radical (unpaired) electrons. The summed E-state index contributed by atoms with van der Waals surface area (Å²) >= 11 is 5.88. The average Bonchev–Trinajstić information content (AvgIpc) is 2.82. The number of carbonyl (C=O) groups is 1.